The number of nitro benzene ring substituents is 1. The van der Waals surface area contributed by atoms with Crippen LogP contribution < -0.4 is 4.90 Å². The third-order valence-corrected chi connectivity index (χ3v) is 6.87. The third-order valence-electron chi connectivity index (χ3n) is 6.24. The summed E-state index contributed by atoms with van der Waals surface area (Å²) in [6.07, 6.45) is 6.45. The normalized spacial score (nSPS) is 34.3. The van der Waals surface area contributed by atoms with Crippen molar-refractivity contribution >= 4 is 39.1 Å². The number of hydrogen-bond acceptors (Lipinski definition) is 4. The van der Waals surface area contributed by atoms with Gasteiger partial charge in [0, 0.05) is 16.6 Å². The van der Waals surface area contributed by atoms with E-state index >= 15 is 0 Å². The highest BCUT2D eigenvalue weighted by molar-refractivity contribution is 9.10. The van der Waals surface area contributed by atoms with E-state index in [2.05, 4.69) is 28.1 Å². The van der Waals surface area contributed by atoms with Gasteiger partial charge in [0.15, 0.2) is 0 Å². The molecular weight excluding hydrogens is 376 g/mol. The maximum Gasteiger partial charge on any atom is 0.270 e. The molecule has 0 unspecified atom stereocenters. The van der Waals surface area contributed by atoms with Crippen LogP contribution in [0.5, 0.6) is 0 Å². The van der Waals surface area contributed by atoms with Gasteiger partial charge in [-0.05, 0) is 52.1 Å². The van der Waals surface area contributed by atoms with E-state index in [1.807, 2.05) is 0 Å². The molecule has 7 heteroatoms. The number of amides is 2. The van der Waals surface area contributed by atoms with Crippen molar-refractivity contribution in [3.05, 3.63) is 44.9 Å². The van der Waals surface area contributed by atoms with Crippen molar-refractivity contribution in [3.8, 4) is 0 Å². The van der Waals surface area contributed by atoms with E-state index in [1.165, 1.54) is 23.1 Å². The van der Waals surface area contributed by atoms with Gasteiger partial charge in [-0.25, -0.2) is 4.90 Å². The first-order chi connectivity index (χ1) is 11.5. The molecule has 122 valence electrons. The third kappa shape index (κ3) is 1.51. The fourth-order valence-electron chi connectivity index (χ4n) is 5.11. The Morgan fingerprint density at radius 1 is 1.12 bits per heavy atom. The summed E-state index contributed by atoms with van der Waals surface area (Å²) in [6.45, 7) is 0. The smallest absolute Gasteiger partial charge is 0.270 e. The SMILES string of the molecule is O=C1[C@@H]2[C@@H](C(=O)N1c1ccc([N+](=O)[O-])cc1Br)[C@@H]1C=C[C@H]2C12CC2. The first kappa shape index (κ1) is 14.3. The van der Waals surface area contributed by atoms with Crippen molar-refractivity contribution in [2.45, 2.75) is 12.8 Å². The molecule has 2 saturated carbocycles. The first-order valence-electron chi connectivity index (χ1n) is 7.96. The average Bonchev–Trinajstić information content (AvgIpc) is 3.14. The van der Waals surface area contributed by atoms with Crippen LogP contribution in [0.2, 0.25) is 0 Å². The molecule has 3 aliphatic carbocycles. The number of carbonyl (C=O) groups is 2. The topological polar surface area (TPSA) is 80.5 Å². The molecule has 24 heavy (non-hydrogen) atoms. The van der Waals surface area contributed by atoms with Gasteiger partial charge in [-0.3, -0.25) is 19.7 Å². The highest BCUT2D eigenvalue weighted by atomic mass is 79.9. The Kier molecular flexibility index (Phi) is 2.59. The van der Waals surface area contributed by atoms with Crippen LogP contribution in [0.15, 0.2) is 34.8 Å². The number of rotatable bonds is 2. The molecule has 3 fully saturated rings. The molecule has 4 atom stereocenters. The summed E-state index contributed by atoms with van der Waals surface area (Å²) in [7, 11) is 0. The number of fused-ring (bicyclic) bond motifs is 3. The highest BCUT2D eigenvalue weighted by Gasteiger charge is 2.73. The number of non-ortho nitro benzene ring substituents is 1. The van der Waals surface area contributed by atoms with E-state index in [0.29, 0.717) is 10.2 Å². The first-order valence-corrected chi connectivity index (χ1v) is 8.75. The predicted octanol–water partition coefficient (Wildman–Crippen LogP) is 3.06. The molecule has 4 aliphatic rings. The van der Waals surface area contributed by atoms with Gasteiger partial charge in [-0.1, -0.05) is 12.2 Å². The van der Waals surface area contributed by atoms with Crippen molar-refractivity contribution in [2.24, 2.45) is 29.1 Å². The lowest BCUT2D eigenvalue weighted by atomic mass is 9.85. The Bertz CT molecular complexity index is 826. The van der Waals surface area contributed by atoms with E-state index in [1.54, 1.807) is 0 Å². The lowest BCUT2D eigenvalue weighted by molar-refractivity contribution is -0.384. The molecular formula is C17H13BrN2O4. The number of nitro groups is 1. The second-order valence-electron chi connectivity index (χ2n) is 7.13. The van der Waals surface area contributed by atoms with Crippen LogP contribution in [-0.4, -0.2) is 16.7 Å². The Hall–Kier alpha value is -2.02. The molecule has 1 saturated heterocycles. The molecule has 6 nitrogen and oxygen atoms in total. The van der Waals surface area contributed by atoms with Crippen molar-refractivity contribution in [1.82, 2.24) is 0 Å². The van der Waals surface area contributed by atoms with Crippen molar-refractivity contribution in [2.75, 3.05) is 4.90 Å². The molecule has 0 aromatic heterocycles. The molecule has 1 heterocycles. The zero-order chi connectivity index (χ0) is 16.8. The summed E-state index contributed by atoms with van der Waals surface area (Å²) in [5.74, 6) is -0.518. The van der Waals surface area contributed by atoms with Crippen LogP contribution in [0, 0.1) is 39.2 Å². The van der Waals surface area contributed by atoms with Gasteiger partial charge in [-0.15, -0.1) is 0 Å². The quantitative estimate of drug-likeness (QED) is 0.337. The zero-order valence-electron chi connectivity index (χ0n) is 12.5. The number of hydrogen-bond donors (Lipinski definition) is 0. The van der Waals surface area contributed by atoms with Gasteiger partial charge < -0.3 is 0 Å². The minimum Gasteiger partial charge on any atom is -0.274 e. The lowest BCUT2D eigenvalue weighted by Gasteiger charge is -2.22. The van der Waals surface area contributed by atoms with E-state index in [-0.39, 0.29) is 46.6 Å². The number of halogens is 1. The summed E-state index contributed by atoms with van der Waals surface area (Å²) in [5, 5.41) is 10.9. The molecule has 2 amide bonds. The van der Waals surface area contributed by atoms with Gasteiger partial charge in [0.05, 0.1) is 22.4 Å². The van der Waals surface area contributed by atoms with Crippen molar-refractivity contribution < 1.29 is 14.5 Å². The average molecular weight is 389 g/mol. The Morgan fingerprint density at radius 2 is 1.71 bits per heavy atom. The van der Waals surface area contributed by atoms with E-state index < -0.39 is 4.92 Å². The maximum atomic E-state index is 13.0. The minimum absolute atomic E-state index is 0.0800. The monoisotopic (exact) mass is 388 g/mol. The van der Waals surface area contributed by atoms with Crippen LogP contribution in [0.1, 0.15) is 12.8 Å². The van der Waals surface area contributed by atoms with Gasteiger partial charge in [0.25, 0.3) is 5.69 Å². The molecule has 2 bridgehead atoms. The number of benzene rings is 1. The minimum atomic E-state index is -0.502. The van der Waals surface area contributed by atoms with Crippen LogP contribution >= 0.6 is 15.9 Å². The van der Waals surface area contributed by atoms with Gasteiger partial charge >= 0.3 is 0 Å². The summed E-state index contributed by atoms with van der Waals surface area (Å²) in [4.78, 5) is 37.6. The molecule has 1 aliphatic heterocycles. The number of carbonyl (C=O) groups excluding carboxylic acids is 2. The number of allylic oxidation sites excluding steroid dienone is 2. The summed E-state index contributed by atoms with van der Waals surface area (Å²) in [6, 6.07) is 4.13. The molecule has 0 radical (unpaired) electrons. The van der Waals surface area contributed by atoms with Crippen LogP contribution in [0.3, 0.4) is 0 Å². The Labute approximate surface area is 145 Å². The second kappa shape index (κ2) is 4.33. The maximum absolute atomic E-state index is 13.0. The molecule has 0 N–H and O–H groups in total. The zero-order valence-corrected chi connectivity index (χ0v) is 14.1. The van der Waals surface area contributed by atoms with E-state index in [4.69, 9.17) is 0 Å². The van der Waals surface area contributed by atoms with Gasteiger partial charge in [0.2, 0.25) is 11.8 Å². The number of nitrogens with zero attached hydrogens (tertiary/aromatic N) is 2. The molecule has 1 aromatic carbocycles. The fraction of sp³-hybridized carbons (Fsp3) is 0.412. The Morgan fingerprint density at radius 3 is 2.17 bits per heavy atom. The van der Waals surface area contributed by atoms with Crippen molar-refractivity contribution in [3.63, 3.8) is 0 Å². The Balaban J connectivity index is 1.55. The number of anilines is 1. The van der Waals surface area contributed by atoms with Gasteiger partial charge in [-0.2, -0.15) is 0 Å². The van der Waals surface area contributed by atoms with Gasteiger partial charge in [0.1, 0.15) is 0 Å². The lowest BCUT2D eigenvalue weighted by Crippen LogP contribution is -2.35. The largest absolute Gasteiger partial charge is 0.274 e. The number of imide groups is 1. The summed E-state index contributed by atoms with van der Waals surface area (Å²) < 4.78 is 0.389. The molecule has 1 aromatic rings. The van der Waals surface area contributed by atoms with E-state index in [9.17, 15) is 19.7 Å². The van der Waals surface area contributed by atoms with E-state index in [0.717, 1.165) is 12.8 Å². The second-order valence-corrected chi connectivity index (χ2v) is 7.98. The summed E-state index contributed by atoms with van der Waals surface area (Å²) in [5.41, 5.74) is 0.484. The van der Waals surface area contributed by atoms with Crippen LogP contribution in [0.25, 0.3) is 0 Å². The molecule has 5 rings (SSSR count). The van der Waals surface area contributed by atoms with Crippen molar-refractivity contribution in [1.29, 1.82) is 0 Å². The standard InChI is InChI=1S/C17H13BrN2O4/c18-11-7-8(20(23)24)1-4-12(11)19-15(21)13-9-2-3-10(14(13)16(19)22)17(9)5-6-17/h1-4,7,9-10,13-14H,5-6H2/t9-,10+,13-,14-/m0/s1. The fourth-order valence-corrected chi connectivity index (χ4v) is 5.65. The molecule has 1 spiro atoms. The summed E-state index contributed by atoms with van der Waals surface area (Å²) >= 11 is 3.27. The van der Waals surface area contributed by atoms with Crippen LogP contribution in [0.4, 0.5) is 11.4 Å². The van der Waals surface area contributed by atoms with Crippen LogP contribution in [-0.2, 0) is 9.59 Å². The predicted molar refractivity (Wildman–Crippen MR) is 88.1 cm³/mol. The highest BCUT2D eigenvalue weighted by Crippen LogP contribution is 2.73.